The van der Waals surface area contributed by atoms with E-state index in [1.807, 2.05) is 0 Å². The van der Waals surface area contributed by atoms with Gasteiger partial charge in [0.1, 0.15) is 0 Å². The van der Waals surface area contributed by atoms with E-state index in [0.717, 1.165) is 50.8 Å². The number of hydrogen-bond acceptors (Lipinski definition) is 4. The summed E-state index contributed by atoms with van der Waals surface area (Å²) >= 11 is 0. The number of benzene rings is 1. The van der Waals surface area contributed by atoms with Gasteiger partial charge in [0.2, 0.25) is 5.95 Å². The van der Waals surface area contributed by atoms with E-state index in [9.17, 15) is 0 Å². The van der Waals surface area contributed by atoms with Crippen molar-refractivity contribution < 1.29 is 4.74 Å². The monoisotopic (exact) mass is 295 g/mol. The lowest BCUT2D eigenvalue weighted by Gasteiger charge is -2.29. The third kappa shape index (κ3) is 2.59. The van der Waals surface area contributed by atoms with Crippen LogP contribution in [0.15, 0.2) is 30.3 Å². The van der Waals surface area contributed by atoms with Gasteiger partial charge in [0.25, 0.3) is 0 Å². The zero-order valence-electron chi connectivity index (χ0n) is 12.8. The Bertz CT molecular complexity index is 651. The number of anilines is 1. The summed E-state index contributed by atoms with van der Waals surface area (Å²) < 4.78 is 5.45. The maximum atomic E-state index is 5.45. The van der Waals surface area contributed by atoms with Crippen molar-refractivity contribution in [2.45, 2.75) is 25.7 Å². The summed E-state index contributed by atoms with van der Waals surface area (Å²) in [6.07, 6.45) is 4.66. The number of aryl methyl sites for hydroxylation is 1. The Morgan fingerprint density at radius 2 is 1.68 bits per heavy atom. The lowest BCUT2D eigenvalue weighted by atomic mass is 9.92. The number of nitrogens with zero attached hydrogens (tertiary/aromatic N) is 3. The molecule has 4 rings (SSSR count). The summed E-state index contributed by atoms with van der Waals surface area (Å²) in [5.41, 5.74) is 4.94. The molecule has 1 aliphatic carbocycles. The van der Waals surface area contributed by atoms with Crippen LogP contribution in [0.5, 0.6) is 0 Å². The topological polar surface area (TPSA) is 38.2 Å². The third-order valence-electron chi connectivity index (χ3n) is 4.51. The molecule has 0 N–H and O–H groups in total. The minimum atomic E-state index is 0.765. The molecule has 0 amide bonds. The fraction of sp³-hybridized carbons (Fsp3) is 0.444. The molecule has 0 saturated carbocycles. The van der Waals surface area contributed by atoms with Gasteiger partial charge >= 0.3 is 0 Å². The fourth-order valence-corrected chi connectivity index (χ4v) is 3.32. The van der Waals surface area contributed by atoms with E-state index in [-0.39, 0.29) is 0 Å². The first-order valence-corrected chi connectivity index (χ1v) is 8.20. The summed E-state index contributed by atoms with van der Waals surface area (Å²) in [5, 5.41) is 0. The second-order valence-electron chi connectivity index (χ2n) is 5.97. The molecule has 0 unspecified atom stereocenters. The molecule has 1 aromatic heterocycles. The van der Waals surface area contributed by atoms with Crippen LogP contribution in [0.1, 0.15) is 24.1 Å². The number of hydrogen-bond donors (Lipinski definition) is 0. The minimum Gasteiger partial charge on any atom is -0.378 e. The standard InChI is InChI=1S/C18H21N3O/c1-2-6-14(7-3-1)17-15-8-4-5-9-16(15)19-18(20-17)21-10-12-22-13-11-21/h1-3,6-7H,4-5,8-13H2. The van der Waals surface area contributed by atoms with E-state index < -0.39 is 0 Å². The number of ether oxygens (including phenoxy) is 1. The SMILES string of the molecule is c1ccc(-c2nc(N3CCOCC3)nc3c2CCCC3)cc1. The predicted molar refractivity (Wildman–Crippen MR) is 87.1 cm³/mol. The van der Waals surface area contributed by atoms with Gasteiger partial charge in [-0.15, -0.1) is 0 Å². The number of aromatic nitrogens is 2. The van der Waals surface area contributed by atoms with Gasteiger partial charge in [0.15, 0.2) is 0 Å². The highest BCUT2D eigenvalue weighted by Gasteiger charge is 2.22. The van der Waals surface area contributed by atoms with E-state index in [2.05, 4.69) is 35.2 Å². The molecule has 2 aliphatic rings. The molecule has 1 aliphatic heterocycles. The number of fused-ring (bicyclic) bond motifs is 1. The van der Waals surface area contributed by atoms with Crippen LogP contribution in [0.3, 0.4) is 0 Å². The second kappa shape index (κ2) is 6.05. The highest BCUT2D eigenvalue weighted by atomic mass is 16.5. The molecular weight excluding hydrogens is 274 g/mol. The zero-order valence-corrected chi connectivity index (χ0v) is 12.8. The fourth-order valence-electron chi connectivity index (χ4n) is 3.32. The average Bonchev–Trinajstić information content (AvgIpc) is 2.62. The smallest absolute Gasteiger partial charge is 0.226 e. The van der Waals surface area contributed by atoms with Gasteiger partial charge in [-0.2, -0.15) is 0 Å². The summed E-state index contributed by atoms with van der Waals surface area (Å²) in [6, 6.07) is 10.5. The van der Waals surface area contributed by atoms with Gasteiger partial charge in [-0.25, -0.2) is 9.97 Å². The Kier molecular flexibility index (Phi) is 3.77. The summed E-state index contributed by atoms with van der Waals surface area (Å²) in [7, 11) is 0. The Labute approximate surface area is 131 Å². The Balaban J connectivity index is 1.81. The van der Waals surface area contributed by atoms with Crippen molar-refractivity contribution in [2.24, 2.45) is 0 Å². The molecule has 114 valence electrons. The van der Waals surface area contributed by atoms with Crippen LogP contribution < -0.4 is 4.90 Å². The van der Waals surface area contributed by atoms with Crippen molar-refractivity contribution in [3.8, 4) is 11.3 Å². The molecule has 22 heavy (non-hydrogen) atoms. The molecule has 4 heteroatoms. The molecular formula is C18H21N3O. The second-order valence-corrected chi connectivity index (χ2v) is 5.97. The minimum absolute atomic E-state index is 0.765. The molecule has 2 heterocycles. The Hall–Kier alpha value is -1.94. The first kappa shape index (κ1) is 13.7. The van der Waals surface area contributed by atoms with Crippen LogP contribution >= 0.6 is 0 Å². The molecule has 1 saturated heterocycles. The van der Waals surface area contributed by atoms with Crippen molar-refractivity contribution in [2.75, 3.05) is 31.2 Å². The van der Waals surface area contributed by atoms with Gasteiger partial charge in [0.05, 0.1) is 18.9 Å². The molecule has 0 atom stereocenters. The van der Waals surface area contributed by atoms with Crippen LogP contribution in [-0.2, 0) is 17.6 Å². The van der Waals surface area contributed by atoms with Crippen LogP contribution in [0.4, 0.5) is 5.95 Å². The van der Waals surface area contributed by atoms with Crippen LogP contribution in [0, 0.1) is 0 Å². The molecule has 2 aromatic rings. The van der Waals surface area contributed by atoms with Crippen molar-refractivity contribution >= 4 is 5.95 Å². The molecule has 0 radical (unpaired) electrons. The van der Waals surface area contributed by atoms with Crippen LogP contribution in [0.2, 0.25) is 0 Å². The first-order chi connectivity index (χ1) is 10.9. The van der Waals surface area contributed by atoms with Gasteiger partial charge in [-0.1, -0.05) is 30.3 Å². The number of rotatable bonds is 2. The van der Waals surface area contributed by atoms with E-state index >= 15 is 0 Å². The van der Waals surface area contributed by atoms with E-state index in [1.54, 1.807) is 0 Å². The quantitative estimate of drug-likeness (QED) is 0.854. The van der Waals surface area contributed by atoms with Crippen molar-refractivity contribution in [1.29, 1.82) is 0 Å². The van der Waals surface area contributed by atoms with E-state index in [4.69, 9.17) is 14.7 Å². The largest absolute Gasteiger partial charge is 0.378 e. The van der Waals surface area contributed by atoms with Gasteiger partial charge in [-0.3, -0.25) is 0 Å². The molecule has 1 aromatic carbocycles. The zero-order chi connectivity index (χ0) is 14.8. The first-order valence-electron chi connectivity index (χ1n) is 8.20. The van der Waals surface area contributed by atoms with Crippen molar-refractivity contribution in [1.82, 2.24) is 9.97 Å². The van der Waals surface area contributed by atoms with E-state index in [0.29, 0.717) is 0 Å². The van der Waals surface area contributed by atoms with Crippen molar-refractivity contribution in [3.63, 3.8) is 0 Å². The summed E-state index contributed by atoms with van der Waals surface area (Å²) in [4.78, 5) is 12.1. The third-order valence-corrected chi connectivity index (χ3v) is 4.51. The Morgan fingerprint density at radius 1 is 0.909 bits per heavy atom. The van der Waals surface area contributed by atoms with Crippen LogP contribution in [0.25, 0.3) is 11.3 Å². The lowest BCUT2D eigenvalue weighted by Crippen LogP contribution is -2.37. The van der Waals surface area contributed by atoms with Gasteiger partial charge in [0, 0.05) is 29.9 Å². The maximum Gasteiger partial charge on any atom is 0.226 e. The molecule has 1 fully saturated rings. The average molecular weight is 295 g/mol. The highest BCUT2D eigenvalue weighted by Crippen LogP contribution is 2.31. The predicted octanol–water partition coefficient (Wildman–Crippen LogP) is 2.86. The lowest BCUT2D eigenvalue weighted by molar-refractivity contribution is 0.122. The number of morpholine rings is 1. The normalized spacial score (nSPS) is 18.1. The van der Waals surface area contributed by atoms with Crippen molar-refractivity contribution in [3.05, 3.63) is 41.6 Å². The van der Waals surface area contributed by atoms with Crippen LogP contribution in [-0.4, -0.2) is 36.3 Å². The molecule has 0 spiro atoms. The van der Waals surface area contributed by atoms with E-state index in [1.165, 1.54) is 29.7 Å². The highest BCUT2D eigenvalue weighted by molar-refractivity contribution is 5.66. The summed E-state index contributed by atoms with van der Waals surface area (Å²) in [5.74, 6) is 0.878. The van der Waals surface area contributed by atoms with Gasteiger partial charge < -0.3 is 9.64 Å². The molecule has 4 nitrogen and oxygen atoms in total. The maximum absolute atomic E-state index is 5.45. The Morgan fingerprint density at radius 3 is 2.50 bits per heavy atom. The molecule has 0 bridgehead atoms. The van der Waals surface area contributed by atoms with Gasteiger partial charge in [-0.05, 0) is 25.7 Å². The summed E-state index contributed by atoms with van der Waals surface area (Å²) in [6.45, 7) is 3.29.